The van der Waals surface area contributed by atoms with Gasteiger partial charge in [-0.2, -0.15) is 0 Å². The van der Waals surface area contributed by atoms with Gasteiger partial charge in [-0.15, -0.1) is 12.4 Å². The van der Waals surface area contributed by atoms with Crippen LogP contribution in [0.25, 0.3) is 0 Å². The van der Waals surface area contributed by atoms with Gasteiger partial charge in [-0.25, -0.2) is 4.39 Å². The van der Waals surface area contributed by atoms with Crippen LogP contribution >= 0.6 is 12.4 Å². The molecule has 2 aliphatic rings. The van der Waals surface area contributed by atoms with Crippen LogP contribution in [0.4, 0.5) is 10.1 Å². The number of hydrogen-bond acceptors (Lipinski definition) is 3. The van der Waals surface area contributed by atoms with E-state index in [4.69, 9.17) is 0 Å². The van der Waals surface area contributed by atoms with Gasteiger partial charge >= 0.3 is 0 Å². The Morgan fingerprint density at radius 2 is 1.96 bits per heavy atom. The third kappa shape index (κ3) is 3.57. The van der Waals surface area contributed by atoms with Gasteiger partial charge in [-0.1, -0.05) is 24.3 Å². The van der Waals surface area contributed by atoms with Crippen LogP contribution in [0.5, 0.6) is 0 Å². The van der Waals surface area contributed by atoms with Crippen molar-refractivity contribution < 1.29 is 14.0 Å². The number of halogens is 2. The van der Waals surface area contributed by atoms with Crippen molar-refractivity contribution in [1.82, 2.24) is 10.6 Å². The van der Waals surface area contributed by atoms with Crippen LogP contribution in [0.2, 0.25) is 0 Å². The molecule has 26 heavy (non-hydrogen) atoms. The molecule has 2 heterocycles. The predicted octanol–water partition coefficient (Wildman–Crippen LogP) is 2.59. The molecule has 7 heteroatoms. The molecule has 0 bridgehead atoms. The van der Waals surface area contributed by atoms with Gasteiger partial charge in [0.2, 0.25) is 11.8 Å². The minimum absolute atomic E-state index is 0. The molecule has 5 nitrogen and oxygen atoms in total. The summed E-state index contributed by atoms with van der Waals surface area (Å²) in [6.07, 6.45) is 0.0680. The van der Waals surface area contributed by atoms with Gasteiger partial charge in [-0.3, -0.25) is 9.59 Å². The molecule has 0 aliphatic carbocycles. The topological polar surface area (TPSA) is 70.2 Å². The average molecular weight is 376 g/mol. The Morgan fingerprint density at radius 1 is 1.15 bits per heavy atom. The van der Waals surface area contributed by atoms with Gasteiger partial charge in [0.25, 0.3) is 0 Å². The molecule has 1 unspecified atom stereocenters. The van der Waals surface area contributed by atoms with Gasteiger partial charge in [0.15, 0.2) is 0 Å². The van der Waals surface area contributed by atoms with Crippen LogP contribution in [-0.2, 0) is 29.2 Å². The molecule has 1 atom stereocenters. The first-order valence-electron chi connectivity index (χ1n) is 8.28. The standard InChI is InChI=1S/C19H18FN3O2.ClH/c20-14-3-4-15-16(7-18(24)23-17(15)6-14)19(25)22-8-11-1-2-12-9-21-10-13(12)5-11;/h1-6,16,21H,7-10H2,(H,22,25)(H,23,24);1H. The highest BCUT2D eigenvalue weighted by Crippen LogP contribution is 2.32. The summed E-state index contributed by atoms with van der Waals surface area (Å²) in [7, 11) is 0. The number of nitrogens with one attached hydrogen (secondary N) is 3. The molecule has 2 aliphatic heterocycles. The van der Waals surface area contributed by atoms with Gasteiger partial charge in [0, 0.05) is 31.7 Å². The molecule has 2 amide bonds. The van der Waals surface area contributed by atoms with Crippen molar-refractivity contribution in [3.8, 4) is 0 Å². The number of hydrogen-bond donors (Lipinski definition) is 3. The van der Waals surface area contributed by atoms with E-state index >= 15 is 0 Å². The average Bonchev–Trinajstić information content (AvgIpc) is 3.06. The number of rotatable bonds is 3. The smallest absolute Gasteiger partial charge is 0.228 e. The largest absolute Gasteiger partial charge is 0.351 e. The molecule has 0 fully saturated rings. The van der Waals surface area contributed by atoms with Gasteiger partial charge in [-0.05, 0) is 34.4 Å². The third-order valence-corrected chi connectivity index (χ3v) is 4.74. The lowest BCUT2D eigenvalue weighted by Crippen LogP contribution is -2.34. The van der Waals surface area contributed by atoms with Crippen LogP contribution in [-0.4, -0.2) is 11.8 Å². The highest BCUT2D eigenvalue weighted by Gasteiger charge is 2.30. The Bertz CT molecular complexity index is 872. The van der Waals surface area contributed by atoms with Crippen molar-refractivity contribution >= 4 is 29.9 Å². The normalized spacial score (nSPS) is 17.6. The number of benzene rings is 2. The number of carbonyl (C=O) groups is 2. The van der Waals surface area contributed by atoms with Crippen LogP contribution in [0.15, 0.2) is 36.4 Å². The third-order valence-electron chi connectivity index (χ3n) is 4.74. The summed E-state index contributed by atoms with van der Waals surface area (Å²) < 4.78 is 13.4. The minimum atomic E-state index is -0.597. The molecule has 4 rings (SSSR count). The summed E-state index contributed by atoms with van der Waals surface area (Å²) in [5, 5.41) is 8.81. The first kappa shape index (κ1) is 18.4. The van der Waals surface area contributed by atoms with Crippen molar-refractivity contribution in [2.75, 3.05) is 5.32 Å². The molecule has 0 radical (unpaired) electrons. The summed E-state index contributed by atoms with van der Waals surface area (Å²) >= 11 is 0. The maximum absolute atomic E-state index is 13.4. The zero-order chi connectivity index (χ0) is 17.4. The summed E-state index contributed by atoms with van der Waals surface area (Å²) in [5.74, 6) is -1.53. The molecule has 136 valence electrons. The van der Waals surface area contributed by atoms with Crippen molar-refractivity contribution in [3.05, 3.63) is 64.5 Å². The Balaban J connectivity index is 0.00000196. The van der Waals surface area contributed by atoms with E-state index in [0.29, 0.717) is 17.8 Å². The van der Waals surface area contributed by atoms with Gasteiger partial charge < -0.3 is 16.0 Å². The molecule has 0 saturated heterocycles. The van der Waals surface area contributed by atoms with E-state index < -0.39 is 11.7 Å². The lowest BCUT2D eigenvalue weighted by Gasteiger charge is -2.25. The molecule has 0 aromatic heterocycles. The lowest BCUT2D eigenvalue weighted by molar-refractivity contribution is -0.126. The predicted molar refractivity (Wildman–Crippen MR) is 98.5 cm³/mol. The van der Waals surface area contributed by atoms with E-state index in [1.165, 1.54) is 23.3 Å². The number of anilines is 1. The van der Waals surface area contributed by atoms with E-state index in [1.807, 2.05) is 6.07 Å². The minimum Gasteiger partial charge on any atom is -0.351 e. The molecule has 3 N–H and O–H groups in total. The molecular formula is C19H19ClFN3O2. The summed E-state index contributed by atoms with van der Waals surface area (Å²) in [6.45, 7) is 2.13. The molecular weight excluding hydrogens is 357 g/mol. The Morgan fingerprint density at radius 3 is 2.81 bits per heavy atom. The zero-order valence-corrected chi connectivity index (χ0v) is 14.8. The van der Waals surface area contributed by atoms with Crippen molar-refractivity contribution in [3.63, 3.8) is 0 Å². The van der Waals surface area contributed by atoms with Crippen LogP contribution in [0.3, 0.4) is 0 Å². The van der Waals surface area contributed by atoms with E-state index in [9.17, 15) is 14.0 Å². The Hall–Kier alpha value is -2.44. The highest BCUT2D eigenvalue weighted by atomic mass is 35.5. The first-order valence-corrected chi connectivity index (χ1v) is 8.28. The maximum Gasteiger partial charge on any atom is 0.228 e. The second-order valence-corrected chi connectivity index (χ2v) is 6.46. The van der Waals surface area contributed by atoms with Crippen LogP contribution in [0, 0.1) is 5.82 Å². The van der Waals surface area contributed by atoms with Crippen molar-refractivity contribution in [1.29, 1.82) is 0 Å². The second kappa shape index (κ2) is 7.43. The maximum atomic E-state index is 13.4. The summed E-state index contributed by atoms with van der Waals surface area (Å²) in [6, 6.07) is 10.3. The van der Waals surface area contributed by atoms with Crippen molar-refractivity contribution in [2.45, 2.75) is 32.0 Å². The van der Waals surface area contributed by atoms with E-state index in [1.54, 1.807) is 6.07 Å². The van der Waals surface area contributed by atoms with E-state index in [0.717, 1.165) is 18.7 Å². The Labute approximate surface area is 156 Å². The first-order chi connectivity index (χ1) is 12.1. The monoisotopic (exact) mass is 375 g/mol. The van der Waals surface area contributed by atoms with Crippen LogP contribution < -0.4 is 16.0 Å². The Kier molecular flexibility index (Phi) is 5.25. The SMILES string of the molecule is Cl.O=C1CC(C(=O)NCc2ccc3c(c2)CNC3)c2ccc(F)cc2N1. The summed E-state index contributed by atoms with van der Waals surface area (Å²) in [4.78, 5) is 24.4. The highest BCUT2D eigenvalue weighted by molar-refractivity contribution is 6.01. The molecule has 0 saturated carbocycles. The molecule has 2 aromatic carbocycles. The quantitative estimate of drug-likeness (QED) is 0.772. The fourth-order valence-electron chi connectivity index (χ4n) is 3.44. The fourth-order valence-corrected chi connectivity index (χ4v) is 3.44. The van der Waals surface area contributed by atoms with Gasteiger partial charge in [0.05, 0.1) is 5.92 Å². The zero-order valence-electron chi connectivity index (χ0n) is 14.0. The summed E-state index contributed by atoms with van der Waals surface area (Å²) in [5.41, 5.74) is 4.59. The lowest BCUT2D eigenvalue weighted by atomic mass is 9.89. The number of amides is 2. The van der Waals surface area contributed by atoms with E-state index in [-0.39, 0.29) is 30.6 Å². The second-order valence-electron chi connectivity index (χ2n) is 6.46. The molecule has 2 aromatic rings. The fraction of sp³-hybridized carbons (Fsp3) is 0.263. The number of fused-ring (bicyclic) bond motifs is 2. The molecule has 0 spiro atoms. The van der Waals surface area contributed by atoms with Crippen LogP contribution in [0.1, 0.15) is 34.6 Å². The van der Waals surface area contributed by atoms with E-state index in [2.05, 4.69) is 28.1 Å². The van der Waals surface area contributed by atoms with Crippen molar-refractivity contribution in [2.24, 2.45) is 0 Å². The van der Waals surface area contributed by atoms with Gasteiger partial charge in [0.1, 0.15) is 5.82 Å². The number of carbonyl (C=O) groups excluding carboxylic acids is 2.